The van der Waals surface area contributed by atoms with Crippen molar-refractivity contribution in [1.82, 2.24) is 0 Å². The third-order valence-corrected chi connectivity index (χ3v) is 2.92. The maximum absolute atomic E-state index is 12.2. The van der Waals surface area contributed by atoms with E-state index in [9.17, 15) is 13.2 Å². The first-order chi connectivity index (χ1) is 9.41. The van der Waals surface area contributed by atoms with Crippen LogP contribution in [0.15, 0.2) is 36.4 Å². The van der Waals surface area contributed by atoms with Gasteiger partial charge in [-0.05, 0) is 11.5 Å². The van der Waals surface area contributed by atoms with Gasteiger partial charge in [-0.1, -0.05) is 24.3 Å². The third-order valence-electron chi connectivity index (χ3n) is 2.92. The Labute approximate surface area is 114 Å². The Morgan fingerprint density at radius 3 is 2.60 bits per heavy atom. The minimum Gasteiger partial charge on any atom is -0.496 e. The van der Waals surface area contributed by atoms with Gasteiger partial charge >= 0.3 is 6.18 Å². The normalized spacial score (nSPS) is 13.2. The summed E-state index contributed by atoms with van der Waals surface area (Å²) < 4.78 is 41.9. The molecule has 2 rings (SSSR count). The van der Waals surface area contributed by atoms with Gasteiger partial charge in [0.05, 0.1) is 7.11 Å². The van der Waals surface area contributed by atoms with E-state index in [4.69, 9.17) is 9.84 Å². The van der Waals surface area contributed by atoms with Gasteiger partial charge in [-0.2, -0.15) is 13.2 Å². The average Bonchev–Trinajstić information content (AvgIpc) is 2.42. The summed E-state index contributed by atoms with van der Waals surface area (Å²) in [6.45, 7) is -0.606. The first-order valence-corrected chi connectivity index (χ1v) is 5.97. The van der Waals surface area contributed by atoms with E-state index in [1.54, 1.807) is 12.1 Å². The summed E-state index contributed by atoms with van der Waals surface area (Å²) in [6.07, 6.45) is -7.03. The largest absolute Gasteiger partial charge is 0.496 e. The molecule has 20 heavy (non-hydrogen) atoms. The van der Waals surface area contributed by atoms with E-state index >= 15 is 0 Å². The van der Waals surface area contributed by atoms with Gasteiger partial charge in [0.25, 0.3) is 0 Å². The van der Waals surface area contributed by atoms with Crippen LogP contribution in [0.25, 0.3) is 10.8 Å². The van der Waals surface area contributed by atoms with E-state index < -0.39 is 18.8 Å². The molecule has 0 spiro atoms. The van der Waals surface area contributed by atoms with Crippen LogP contribution in [0.5, 0.6) is 5.75 Å². The minimum absolute atomic E-state index is 0.462. The zero-order valence-electron chi connectivity index (χ0n) is 10.7. The fourth-order valence-corrected chi connectivity index (χ4v) is 1.88. The Morgan fingerprint density at radius 1 is 1.25 bits per heavy atom. The highest BCUT2D eigenvalue weighted by molar-refractivity contribution is 5.91. The molecule has 0 heterocycles. The standard InChI is InChI=1S/C14H14F3NO2/c1-20-12-7-10(18-8-13(19)14(15,16)17)6-9-4-2-3-5-11(9)12/h2-7,13,18-19H,8H2,1H3/t13-/m0/s1. The van der Waals surface area contributed by atoms with Crippen molar-refractivity contribution in [3.8, 4) is 5.75 Å². The number of benzene rings is 2. The zero-order valence-corrected chi connectivity index (χ0v) is 10.7. The molecule has 0 fully saturated rings. The van der Waals surface area contributed by atoms with Crippen LogP contribution < -0.4 is 10.1 Å². The smallest absolute Gasteiger partial charge is 0.416 e. The lowest BCUT2D eigenvalue weighted by Gasteiger charge is -2.16. The van der Waals surface area contributed by atoms with Gasteiger partial charge in [0.1, 0.15) is 5.75 Å². The fraction of sp³-hybridized carbons (Fsp3) is 0.286. The maximum atomic E-state index is 12.2. The van der Waals surface area contributed by atoms with Gasteiger partial charge in [0, 0.05) is 23.7 Å². The van der Waals surface area contributed by atoms with Crippen molar-refractivity contribution in [2.24, 2.45) is 0 Å². The summed E-state index contributed by atoms with van der Waals surface area (Å²) in [5, 5.41) is 13.3. The fourth-order valence-electron chi connectivity index (χ4n) is 1.88. The van der Waals surface area contributed by atoms with Crippen molar-refractivity contribution in [2.45, 2.75) is 12.3 Å². The second kappa shape index (κ2) is 5.58. The Balaban J connectivity index is 2.23. The van der Waals surface area contributed by atoms with Crippen LogP contribution >= 0.6 is 0 Å². The molecule has 0 unspecified atom stereocenters. The number of anilines is 1. The lowest BCUT2D eigenvalue weighted by Crippen LogP contribution is -2.34. The zero-order chi connectivity index (χ0) is 14.8. The van der Waals surface area contributed by atoms with Crippen molar-refractivity contribution in [1.29, 1.82) is 0 Å². The number of methoxy groups -OCH3 is 1. The summed E-state index contributed by atoms with van der Waals surface area (Å²) >= 11 is 0. The number of hydrogen-bond donors (Lipinski definition) is 2. The van der Waals surface area contributed by atoms with Gasteiger partial charge in [0.2, 0.25) is 0 Å². The second-order valence-electron chi connectivity index (χ2n) is 4.34. The number of halogens is 3. The quantitative estimate of drug-likeness (QED) is 0.906. The van der Waals surface area contributed by atoms with E-state index in [1.165, 1.54) is 7.11 Å². The Kier molecular flexibility index (Phi) is 4.04. The number of aliphatic hydroxyl groups is 1. The molecule has 0 aliphatic carbocycles. The molecular formula is C14H14F3NO2. The lowest BCUT2D eigenvalue weighted by molar-refractivity contribution is -0.198. The lowest BCUT2D eigenvalue weighted by atomic mass is 10.1. The molecular weight excluding hydrogens is 271 g/mol. The molecule has 2 N–H and O–H groups in total. The van der Waals surface area contributed by atoms with E-state index in [2.05, 4.69) is 5.32 Å². The molecule has 0 saturated heterocycles. The molecule has 6 heteroatoms. The molecule has 0 bridgehead atoms. The molecule has 0 radical (unpaired) electrons. The van der Waals surface area contributed by atoms with Crippen LogP contribution in [0.4, 0.5) is 18.9 Å². The molecule has 0 aromatic heterocycles. The Bertz CT molecular complexity index is 598. The first kappa shape index (κ1) is 14.5. The van der Waals surface area contributed by atoms with Crippen LogP contribution in [0.1, 0.15) is 0 Å². The molecule has 2 aromatic rings. The van der Waals surface area contributed by atoms with E-state index in [0.29, 0.717) is 11.4 Å². The van der Waals surface area contributed by atoms with Crippen molar-refractivity contribution in [3.63, 3.8) is 0 Å². The summed E-state index contributed by atoms with van der Waals surface area (Å²) in [6, 6.07) is 10.7. The van der Waals surface area contributed by atoms with Crippen molar-refractivity contribution in [3.05, 3.63) is 36.4 Å². The van der Waals surface area contributed by atoms with Gasteiger partial charge in [-0.15, -0.1) is 0 Å². The first-order valence-electron chi connectivity index (χ1n) is 5.97. The highest BCUT2D eigenvalue weighted by Gasteiger charge is 2.37. The van der Waals surface area contributed by atoms with Gasteiger partial charge in [0.15, 0.2) is 6.10 Å². The van der Waals surface area contributed by atoms with Crippen LogP contribution in [-0.2, 0) is 0 Å². The highest BCUT2D eigenvalue weighted by atomic mass is 19.4. The van der Waals surface area contributed by atoms with Gasteiger partial charge in [-0.3, -0.25) is 0 Å². The SMILES string of the molecule is COc1cc(NC[C@H](O)C(F)(F)F)cc2ccccc12. The topological polar surface area (TPSA) is 41.5 Å². The number of alkyl halides is 3. The van der Waals surface area contributed by atoms with Crippen molar-refractivity contribution in [2.75, 3.05) is 19.0 Å². The second-order valence-corrected chi connectivity index (χ2v) is 4.34. The predicted molar refractivity (Wildman–Crippen MR) is 71.1 cm³/mol. The summed E-state index contributed by atoms with van der Waals surface area (Å²) in [5.74, 6) is 0.562. The maximum Gasteiger partial charge on any atom is 0.416 e. The van der Waals surface area contributed by atoms with E-state index in [1.807, 2.05) is 24.3 Å². The summed E-state index contributed by atoms with van der Waals surface area (Å²) in [5.41, 5.74) is 0.462. The van der Waals surface area contributed by atoms with Crippen LogP contribution in [0.3, 0.4) is 0 Å². The molecule has 108 valence electrons. The Morgan fingerprint density at radius 2 is 1.95 bits per heavy atom. The molecule has 2 aromatic carbocycles. The van der Waals surface area contributed by atoms with Crippen LogP contribution in [-0.4, -0.2) is 31.0 Å². The monoisotopic (exact) mass is 285 g/mol. The van der Waals surface area contributed by atoms with Crippen molar-refractivity contribution >= 4 is 16.5 Å². The summed E-state index contributed by atoms with van der Waals surface area (Å²) in [4.78, 5) is 0. The highest BCUT2D eigenvalue weighted by Crippen LogP contribution is 2.30. The summed E-state index contributed by atoms with van der Waals surface area (Å²) in [7, 11) is 1.50. The number of nitrogens with one attached hydrogen (secondary N) is 1. The molecule has 0 saturated carbocycles. The Hall–Kier alpha value is -1.95. The average molecular weight is 285 g/mol. The molecule has 0 aliphatic heterocycles. The predicted octanol–water partition coefficient (Wildman–Crippen LogP) is 3.18. The molecule has 0 amide bonds. The molecule has 0 aliphatic rings. The van der Waals surface area contributed by atoms with Gasteiger partial charge < -0.3 is 15.2 Å². The van der Waals surface area contributed by atoms with Gasteiger partial charge in [-0.25, -0.2) is 0 Å². The number of rotatable bonds is 4. The number of hydrogen-bond acceptors (Lipinski definition) is 3. The molecule has 1 atom stereocenters. The third kappa shape index (κ3) is 3.14. The van der Waals surface area contributed by atoms with E-state index in [-0.39, 0.29) is 0 Å². The number of aliphatic hydroxyl groups excluding tert-OH is 1. The minimum atomic E-state index is -4.63. The van der Waals surface area contributed by atoms with Crippen LogP contribution in [0, 0.1) is 0 Å². The van der Waals surface area contributed by atoms with Crippen LogP contribution in [0.2, 0.25) is 0 Å². The van der Waals surface area contributed by atoms with Crippen molar-refractivity contribution < 1.29 is 23.0 Å². The van der Waals surface area contributed by atoms with E-state index in [0.717, 1.165) is 10.8 Å². The number of ether oxygens (including phenoxy) is 1. The molecule has 3 nitrogen and oxygen atoms in total. The number of fused-ring (bicyclic) bond motifs is 1.